The van der Waals surface area contributed by atoms with Crippen LogP contribution in [0.2, 0.25) is 16.6 Å². The predicted octanol–water partition coefficient (Wildman–Crippen LogP) is 5.64. The van der Waals surface area contributed by atoms with Crippen LogP contribution in [0.1, 0.15) is 41.5 Å². The van der Waals surface area contributed by atoms with Crippen molar-refractivity contribution in [1.82, 2.24) is 0 Å². The molecule has 0 spiro atoms. The van der Waals surface area contributed by atoms with Crippen LogP contribution >= 0.6 is 15.9 Å². The second kappa shape index (κ2) is 7.55. The summed E-state index contributed by atoms with van der Waals surface area (Å²) in [7, 11) is -1.73. The Morgan fingerprint density at radius 2 is 1.53 bits per heavy atom. The Bertz CT molecular complexity index is 248. The van der Waals surface area contributed by atoms with E-state index in [1.807, 2.05) is 11.1 Å². The van der Waals surface area contributed by atoms with E-state index in [0.717, 1.165) is 5.57 Å². The molecule has 0 aromatic rings. The van der Waals surface area contributed by atoms with Crippen molar-refractivity contribution in [3.05, 3.63) is 23.2 Å². The molecule has 0 heterocycles. The molecule has 0 radical (unpaired) electrons. The Kier molecular flexibility index (Phi) is 7.61. The van der Waals surface area contributed by atoms with Gasteiger partial charge in [-0.05, 0) is 27.2 Å². The van der Waals surface area contributed by atoms with Crippen molar-refractivity contribution >= 4 is 24.2 Å². The summed E-state index contributed by atoms with van der Waals surface area (Å²) in [5.74, 6) is 0. The van der Waals surface area contributed by atoms with Gasteiger partial charge in [0.05, 0.1) is 6.61 Å². The molecule has 0 rings (SSSR count). The van der Waals surface area contributed by atoms with Gasteiger partial charge in [-0.3, -0.25) is 0 Å². The van der Waals surface area contributed by atoms with Gasteiger partial charge in [-0.15, -0.1) is 0 Å². The van der Waals surface area contributed by atoms with E-state index >= 15 is 0 Å². The molecular formula is C14H27BrOSi. The highest BCUT2D eigenvalue weighted by atomic mass is 79.9. The molecule has 0 saturated heterocycles. The first kappa shape index (κ1) is 17.1. The summed E-state index contributed by atoms with van der Waals surface area (Å²) in [6, 6.07) is 0. The molecule has 0 saturated carbocycles. The van der Waals surface area contributed by atoms with E-state index in [2.05, 4.69) is 64.1 Å². The fourth-order valence-electron chi connectivity index (χ4n) is 2.84. The molecule has 0 aliphatic heterocycles. The topological polar surface area (TPSA) is 9.23 Å². The molecule has 100 valence electrons. The van der Waals surface area contributed by atoms with Crippen LogP contribution in [0.25, 0.3) is 0 Å². The summed E-state index contributed by atoms with van der Waals surface area (Å²) < 4.78 is 6.43. The first-order valence-corrected chi connectivity index (χ1v) is 9.44. The zero-order chi connectivity index (χ0) is 13.6. The molecule has 3 heteroatoms. The molecule has 0 unspecified atom stereocenters. The molecule has 0 fully saturated rings. The first-order chi connectivity index (χ1) is 7.82. The number of hydrogen-bond acceptors (Lipinski definition) is 1. The van der Waals surface area contributed by atoms with Crippen LogP contribution in [0.5, 0.6) is 0 Å². The maximum Gasteiger partial charge on any atom is 0.200 e. The average molecular weight is 319 g/mol. The van der Waals surface area contributed by atoms with E-state index in [1.165, 1.54) is 0 Å². The number of rotatable bonds is 7. The van der Waals surface area contributed by atoms with Gasteiger partial charge in [0, 0.05) is 0 Å². The lowest BCUT2D eigenvalue weighted by Crippen LogP contribution is -2.48. The van der Waals surface area contributed by atoms with Crippen LogP contribution in [0.15, 0.2) is 23.2 Å². The van der Waals surface area contributed by atoms with Crippen molar-refractivity contribution in [3.8, 4) is 0 Å². The van der Waals surface area contributed by atoms with Gasteiger partial charge in [0.2, 0.25) is 8.32 Å². The summed E-state index contributed by atoms with van der Waals surface area (Å²) in [5.41, 5.74) is 3.00. The highest BCUT2D eigenvalue weighted by molar-refractivity contribution is 9.11. The average Bonchev–Trinajstić information content (AvgIpc) is 2.23. The van der Waals surface area contributed by atoms with Crippen molar-refractivity contribution in [3.63, 3.8) is 0 Å². The Labute approximate surface area is 117 Å². The third kappa shape index (κ3) is 4.07. The Morgan fingerprint density at radius 3 is 1.76 bits per heavy atom. The smallest absolute Gasteiger partial charge is 0.200 e. The highest BCUT2D eigenvalue weighted by Gasteiger charge is 2.44. The maximum absolute atomic E-state index is 6.43. The van der Waals surface area contributed by atoms with Gasteiger partial charge in [0.1, 0.15) is 0 Å². The van der Waals surface area contributed by atoms with Crippen LogP contribution in [-0.2, 0) is 4.43 Å². The van der Waals surface area contributed by atoms with Crippen molar-refractivity contribution < 1.29 is 4.43 Å². The van der Waals surface area contributed by atoms with Crippen LogP contribution in [0.3, 0.4) is 0 Å². The standard InChI is InChI=1S/C14H27BrOSi/c1-8-14(9-15)10-16-17(11(2)3,12(4)5)13(6)7/h8-9,11-13H,1,10H2,2-7H3/b14-9+. The largest absolute Gasteiger partial charge is 0.412 e. The molecule has 1 nitrogen and oxygen atoms in total. The monoisotopic (exact) mass is 318 g/mol. The number of hydrogen-bond donors (Lipinski definition) is 0. The van der Waals surface area contributed by atoms with E-state index in [1.54, 1.807) is 0 Å². The lowest BCUT2D eigenvalue weighted by atomic mass is 10.3. The third-order valence-electron chi connectivity index (χ3n) is 3.60. The zero-order valence-corrected chi connectivity index (χ0v) is 14.7. The first-order valence-electron chi connectivity index (χ1n) is 6.38. The van der Waals surface area contributed by atoms with Gasteiger partial charge in [-0.1, -0.05) is 70.1 Å². The van der Waals surface area contributed by atoms with Gasteiger partial charge >= 0.3 is 0 Å². The Hall–Kier alpha value is 0.137. The van der Waals surface area contributed by atoms with Gasteiger partial charge in [0.15, 0.2) is 0 Å². The summed E-state index contributed by atoms with van der Waals surface area (Å²) in [4.78, 5) is 1.90. The third-order valence-corrected chi connectivity index (χ3v) is 10.2. The SMILES string of the molecule is C=C/C(=C\Br)CO[Si](C(C)C)(C(C)C)C(C)C. The van der Waals surface area contributed by atoms with E-state index in [9.17, 15) is 0 Å². The minimum atomic E-state index is -1.73. The lowest BCUT2D eigenvalue weighted by molar-refractivity contribution is 0.310. The molecule has 0 aliphatic rings. The molecule has 0 amide bonds. The molecular weight excluding hydrogens is 292 g/mol. The van der Waals surface area contributed by atoms with Gasteiger partial charge in [0.25, 0.3) is 0 Å². The second-order valence-corrected chi connectivity index (χ2v) is 11.4. The summed E-state index contributed by atoms with van der Waals surface area (Å²) in [6.07, 6.45) is 1.86. The van der Waals surface area contributed by atoms with Crippen molar-refractivity contribution in [2.24, 2.45) is 0 Å². The Balaban J connectivity index is 5.00. The zero-order valence-electron chi connectivity index (χ0n) is 12.1. The van der Waals surface area contributed by atoms with Gasteiger partial charge in [-0.25, -0.2) is 0 Å². The second-order valence-electron chi connectivity index (χ2n) is 5.49. The maximum atomic E-state index is 6.43. The quantitative estimate of drug-likeness (QED) is 0.435. The fourth-order valence-corrected chi connectivity index (χ4v) is 8.58. The van der Waals surface area contributed by atoms with Crippen LogP contribution in [0.4, 0.5) is 0 Å². The minimum Gasteiger partial charge on any atom is -0.412 e. The highest BCUT2D eigenvalue weighted by Crippen LogP contribution is 2.42. The lowest BCUT2D eigenvalue weighted by Gasteiger charge is -2.42. The van der Waals surface area contributed by atoms with Crippen molar-refractivity contribution in [2.45, 2.75) is 58.2 Å². The minimum absolute atomic E-state index is 0.629. The van der Waals surface area contributed by atoms with E-state index in [4.69, 9.17) is 4.43 Å². The summed E-state index contributed by atoms with van der Waals surface area (Å²) in [5, 5.41) is 0. The normalized spacial score (nSPS) is 13.9. The molecule has 0 N–H and O–H groups in total. The summed E-state index contributed by atoms with van der Waals surface area (Å²) >= 11 is 3.36. The van der Waals surface area contributed by atoms with E-state index in [-0.39, 0.29) is 0 Å². The van der Waals surface area contributed by atoms with Crippen LogP contribution < -0.4 is 0 Å². The van der Waals surface area contributed by atoms with Crippen molar-refractivity contribution in [2.75, 3.05) is 6.61 Å². The van der Waals surface area contributed by atoms with Crippen molar-refractivity contribution in [1.29, 1.82) is 0 Å². The number of halogens is 1. The van der Waals surface area contributed by atoms with Gasteiger partial charge < -0.3 is 4.43 Å². The predicted molar refractivity (Wildman–Crippen MR) is 84.2 cm³/mol. The van der Waals surface area contributed by atoms with Gasteiger partial charge in [-0.2, -0.15) is 0 Å². The molecule has 0 bridgehead atoms. The van der Waals surface area contributed by atoms with E-state index in [0.29, 0.717) is 23.2 Å². The molecule has 0 atom stereocenters. The molecule has 0 aromatic carbocycles. The molecule has 17 heavy (non-hydrogen) atoms. The van der Waals surface area contributed by atoms with Crippen LogP contribution in [0, 0.1) is 0 Å². The summed E-state index contributed by atoms with van der Waals surface area (Å²) in [6.45, 7) is 18.3. The van der Waals surface area contributed by atoms with E-state index < -0.39 is 8.32 Å². The molecule has 0 aromatic heterocycles. The molecule has 0 aliphatic carbocycles. The van der Waals surface area contributed by atoms with Crippen LogP contribution in [-0.4, -0.2) is 14.9 Å². The fraction of sp³-hybridized carbons (Fsp3) is 0.714. The Morgan fingerprint density at radius 1 is 1.12 bits per heavy atom.